The van der Waals surface area contributed by atoms with Gasteiger partial charge < -0.3 is 9.94 Å². The van der Waals surface area contributed by atoms with Crippen LogP contribution in [0.4, 0.5) is 0 Å². The van der Waals surface area contributed by atoms with Gasteiger partial charge in [-0.15, -0.1) is 0 Å². The van der Waals surface area contributed by atoms with E-state index in [1.807, 2.05) is 12.1 Å². The van der Waals surface area contributed by atoms with Crippen LogP contribution in [0.3, 0.4) is 0 Å². The Morgan fingerprint density at radius 1 is 1.33 bits per heavy atom. The third-order valence-corrected chi connectivity index (χ3v) is 3.90. The van der Waals surface area contributed by atoms with Crippen LogP contribution in [0, 0.1) is 5.21 Å². The summed E-state index contributed by atoms with van der Waals surface area (Å²) in [6, 6.07) is 7.10. The van der Waals surface area contributed by atoms with Crippen LogP contribution in [0.2, 0.25) is 5.02 Å². The molecule has 0 bridgehead atoms. The monoisotopic (exact) mass is 307 g/mol. The van der Waals surface area contributed by atoms with Gasteiger partial charge in [0.05, 0.1) is 12.2 Å². The van der Waals surface area contributed by atoms with Gasteiger partial charge in [-0.25, -0.2) is 4.79 Å². The minimum atomic E-state index is -0.833. The molecule has 0 N–H and O–H groups in total. The SMILES string of the molecule is CCOC(=O)C1=C(c2ccc(Cl)cc2)C(C)(C)[N+]([O-])=C1C. The van der Waals surface area contributed by atoms with E-state index in [1.165, 1.54) is 0 Å². The predicted octanol–water partition coefficient (Wildman–Crippen LogP) is 3.42. The Morgan fingerprint density at radius 2 is 1.90 bits per heavy atom. The van der Waals surface area contributed by atoms with Crippen molar-refractivity contribution in [3.8, 4) is 0 Å². The second kappa shape index (κ2) is 5.53. The Morgan fingerprint density at radius 3 is 2.43 bits per heavy atom. The van der Waals surface area contributed by atoms with Crippen LogP contribution in [0.25, 0.3) is 5.57 Å². The van der Waals surface area contributed by atoms with Crippen molar-refractivity contribution in [1.82, 2.24) is 0 Å². The molecule has 0 amide bonds. The van der Waals surface area contributed by atoms with E-state index < -0.39 is 11.5 Å². The largest absolute Gasteiger partial charge is 0.623 e. The van der Waals surface area contributed by atoms with E-state index in [2.05, 4.69) is 0 Å². The molecule has 0 saturated heterocycles. The summed E-state index contributed by atoms with van der Waals surface area (Å²) >= 11 is 5.91. The molecule has 1 aliphatic heterocycles. The summed E-state index contributed by atoms with van der Waals surface area (Å²) in [6.07, 6.45) is 0. The molecule has 1 heterocycles. The average molecular weight is 308 g/mol. The first kappa shape index (κ1) is 15.6. The van der Waals surface area contributed by atoms with E-state index in [1.54, 1.807) is 39.8 Å². The summed E-state index contributed by atoms with van der Waals surface area (Å²) in [5.74, 6) is -0.466. The summed E-state index contributed by atoms with van der Waals surface area (Å²) in [5, 5.41) is 13.0. The highest BCUT2D eigenvalue weighted by atomic mass is 35.5. The summed E-state index contributed by atoms with van der Waals surface area (Å²) in [7, 11) is 0. The molecular weight excluding hydrogens is 290 g/mol. The molecule has 112 valence electrons. The quantitative estimate of drug-likeness (QED) is 0.488. The van der Waals surface area contributed by atoms with Crippen LogP contribution < -0.4 is 0 Å². The van der Waals surface area contributed by atoms with Crippen LogP contribution in [0.1, 0.15) is 33.3 Å². The fraction of sp³-hybridized carbons (Fsp3) is 0.375. The lowest BCUT2D eigenvalue weighted by atomic mass is 9.86. The molecule has 0 spiro atoms. The number of benzene rings is 1. The minimum Gasteiger partial charge on any atom is -0.623 e. The van der Waals surface area contributed by atoms with Crippen LogP contribution >= 0.6 is 11.6 Å². The molecule has 4 nitrogen and oxygen atoms in total. The van der Waals surface area contributed by atoms with E-state index in [4.69, 9.17) is 16.3 Å². The van der Waals surface area contributed by atoms with E-state index in [-0.39, 0.29) is 6.61 Å². The van der Waals surface area contributed by atoms with Gasteiger partial charge in [-0.1, -0.05) is 23.7 Å². The van der Waals surface area contributed by atoms with Gasteiger partial charge in [0, 0.05) is 25.8 Å². The standard InChI is InChI=1S/C16H18ClNO3/c1-5-21-15(19)13-10(2)18(20)16(3,4)14(13)11-6-8-12(17)9-7-11/h6-9H,5H2,1-4H3. The zero-order valence-electron chi connectivity index (χ0n) is 12.6. The summed E-state index contributed by atoms with van der Waals surface area (Å²) in [6.45, 7) is 7.23. The molecule has 1 aromatic carbocycles. The maximum atomic E-state index is 12.4. The smallest absolute Gasteiger partial charge is 0.345 e. The zero-order valence-corrected chi connectivity index (χ0v) is 13.3. The van der Waals surface area contributed by atoms with Crippen LogP contribution in [-0.4, -0.2) is 28.6 Å². The van der Waals surface area contributed by atoms with Crippen molar-refractivity contribution in [1.29, 1.82) is 0 Å². The maximum absolute atomic E-state index is 12.4. The Bertz CT molecular complexity index is 642. The zero-order chi connectivity index (χ0) is 15.8. The first-order chi connectivity index (χ1) is 9.80. The number of rotatable bonds is 3. The molecule has 0 radical (unpaired) electrons. The number of halogens is 1. The number of esters is 1. The van der Waals surface area contributed by atoms with Gasteiger partial charge >= 0.3 is 5.97 Å². The number of hydroxylamine groups is 1. The van der Waals surface area contributed by atoms with Gasteiger partial charge in [0.2, 0.25) is 0 Å². The third kappa shape index (κ3) is 2.56. The fourth-order valence-corrected chi connectivity index (χ4v) is 2.80. The molecule has 21 heavy (non-hydrogen) atoms. The second-order valence-electron chi connectivity index (χ2n) is 5.42. The molecule has 1 aromatic rings. The van der Waals surface area contributed by atoms with Gasteiger partial charge in [0.15, 0.2) is 11.3 Å². The maximum Gasteiger partial charge on any atom is 0.345 e. The van der Waals surface area contributed by atoms with Crippen molar-refractivity contribution in [3.63, 3.8) is 0 Å². The Kier molecular flexibility index (Phi) is 4.10. The molecule has 0 atom stereocenters. The number of carbonyl (C=O) groups excluding carboxylic acids is 1. The van der Waals surface area contributed by atoms with E-state index in [0.717, 1.165) is 10.3 Å². The van der Waals surface area contributed by atoms with Crippen molar-refractivity contribution < 1.29 is 14.3 Å². The molecule has 1 aliphatic rings. The van der Waals surface area contributed by atoms with Gasteiger partial charge in [-0.3, -0.25) is 0 Å². The lowest BCUT2D eigenvalue weighted by Crippen LogP contribution is -2.31. The number of nitrogens with zero attached hydrogens (tertiary/aromatic N) is 1. The van der Waals surface area contributed by atoms with Crippen molar-refractivity contribution >= 4 is 28.9 Å². The Balaban J connectivity index is 2.66. The molecule has 0 unspecified atom stereocenters. The van der Waals surface area contributed by atoms with Crippen molar-refractivity contribution in [2.24, 2.45) is 0 Å². The highest BCUT2D eigenvalue weighted by Gasteiger charge is 2.46. The topological polar surface area (TPSA) is 52.4 Å². The van der Waals surface area contributed by atoms with Crippen LogP contribution in [0.15, 0.2) is 29.8 Å². The predicted molar refractivity (Wildman–Crippen MR) is 83.4 cm³/mol. The summed E-state index contributed by atoms with van der Waals surface area (Å²) < 4.78 is 5.97. The van der Waals surface area contributed by atoms with Crippen molar-refractivity contribution in [3.05, 3.63) is 45.6 Å². The molecule has 0 aromatic heterocycles. The van der Waals surface area contributed by atoms with Crippen LogP contribution in [-0.2, 0) is 9.53 Å². The molecule has 0 fully saturated rings. The molecular formula is C16H18ClNO3. The van der Waals surface area contributed by atoms with Gasteiger partial charge in [0.25, 0.3) is 0 Å². The van der Waals surface area contributed by atoms with Gasteiger partial charge in [0.1, 0.15) is 5.57 Å². The normalized spacial score (nSPS) is 17.4. The first-order valence-corrected chi connectivity index (χ1v) is 7.17. The van der Waals surface area contributed by atoms with E-state index >= 15 is 0 Å². The van der Waals surface area contributed by atoms with Crippen molar-refractivity contribution in [2.75, 3.05) is 6.61 Å². The molecule has 2 rings (SSSR count). The summed E-state index contributed by atoms with van der Waals surface area (Å²) in [4.78, 5) is 12.2. The molecule has 0 aliphatic carbocycles. The number of hydrogen-bond donors (Lipinski definition) is 0. The van der Waals surface area contributed by atoms with E-state index in [9.17, 15) is 10.0 Å². The van der Waals surface area contributed by atoms with Crippen molar-refractivity contribution in [2.45, 2.75) is 33.2 Å². The lowest BCUT2D eigenvalue weighted by molar-refractivity contribution is -0.517. The fourth-order valence-electron chi connectivity index (χ4n) is 2.68. The lowest BCUT2D eigenvalue weighted by Gasteiger charge is -2.23. The highest BCUT2D eigenvalue weighted by Crippen LogP contribution is 2.39. The number of carbonyl (C=O) groups is 1. The average Bonchev–Trinajstić information content (AvgIpc) is 2.61. The van der Waals surface area contributed by atoms with Crippen LogP contribution in [0.5, 0.6) is 0 Å². The minimum absolute atomic E-state index is 0.267. The Labute approximate surface area is 129 Å². The third-order valence-electron chi connectivity index (χ3n) is 3.65. The highest BCUT2D eigenvalue weighted by molar-refractivity contribution is 6.30. The number of ether oxygens (including phenoxy) is 1. The van der Waals surface area contributed by atoms with Gasteiger partial charge in [-0.05, 0) is 24.6 Å². The second-order valence-corrected chi connectivity index (χ2v) is 5.85. The Hall–Kier alpha value is -1.81. The first-order valence-electron chi connectivity index (χ1n) is 6.79. The molecule has 0 saturated carbocycles. The summed E-state index contributed by atoms with van der Waals surface area (Å²) in [5.41, 5.74) is 1.36. The van der Waals surface area contributed by atoms with Gasteiger partial charge in [-0.2, -0.15) is 4.74 Å². The molecule has 5 heteroatoms. The number of hydrogen-bond acceptors (Lipinski definition) is 3. The van der Waals surface area contributed by atoms with E-state index in [0.29, 0.717) is 21.9 Å².